The van der Waals surface area contributed by atoms with Crippen LogP contribution in [0.25, 0.3) is 0 Å². The molecule has 0 radical (unpaired) electrons. The van der Waals surface area contributed by atoms with E-state index in [-0.39, 0.29) is 11.3 Å². The first-order chi connectivity index (χ1) is 14.0. The van der Waals surface area contributed by atoms with Crippen molar-refractivity contribution in [2.45, 2.75) is 5.75 Å². The molecule has 0 spiro atoms. The summed E-state index contributed by atoms with van der Waals surface area (Å²) in [7, 11) is -3.57. The zero-order valence-electron chi connectivity index (χ0n) is 16.1. The third-order valence-corrected chi connectivity index (χ3v) is 7.05. The summed E-state index contributed by atoms with van der Waals surface area (Å²) in [6.07, 6.45) is 0. The van der Waals surface area contributed by atoms with Crippen molar-refractivity contribution in [2.24, 2.45) is 0 Å². The van der Waals surface area contributed by atoms with E-state index in [1.165, 1.54) is 16.4 Å². The Bertz CT molecular complexity index is 927. The molecule has 1 aromatic heterocycles. The summed E-state index contributed by atoms with van der Waals surface area (Å²) in [5, 5.41) is 8.64. The molecule has 8 nitrogen and oxygen atoms in total. The lowest BCUT2D eigenvalue weighted by molar-refractivity contribution is 0.122. The van der Waals surface area contributed by atoms with Gasteiger partial charge in [0.15, 0.2) is 11.6 Å². The smallest absolute Gasteiger partial charge is 0.218 e. The van der Waals surface area contributed by atoms with Crippen LogP contribution in [-0.4, -0.2) is 75.4 Å². The van der Waals surface area contributed by atoms with Crippen LogP contribution >= 0.6 is 0 Å². The van der Waals surface area contributed by atoms with E-state index < -0.39 is 15.8 Å². The van der Waals surface area contributed by atoms with Crippen LogP contribution in [0, 0.1) is 5.82 Å². The SMILES string of the molecule is O=S(=O)(Cc1ccccc1F)N1CCN(c2ccc(N3CCOCC3)nn2)CC1. The van der Waals surface area contributed by atoms with Crippen molar-refractivity contribution < 1.29 is 17.5 Å². The van der Waals surface area contributed by atoms with Gasteiger partial charge in [0, 0.05) is 44.8 Å². The van der Waals surface area contributed by atoms with Gasteiger partial charge in [-0.1, -0.05) is 18.2 Å². The minimum absolute atomic E-state index is 0.194. The molecule has 0 amide bonds. The maximum Gasteiger partial charge on any atom is 0.218 e. The highest BCUT2D eigenvalue weighted by Gasteiger charge is 2.28. The quantitative estimate of drug-likeness (QED) is 0.715. The van der Waals surface area contributed by atoms with Crippen LogP contribution in [-0.2, 0) is 20.5 Å². The van der Waals surface area contributed by atoms with Gasteiger partial charge in [-0.2, -0.15) is 4.31 Å². The Hall–Kier alpha value is -2.30. The molecule has 0 aliphatic carbocycles. The molecule has 1 aromatic carbocycles. The molecule has 0 unspecified atom stereocenters. The van der Waals surface area contributed by atoms with Gasteiger partial charge < -0.3 is 14.5 Å². The first kappa shape index (κ1) is 20.0. The highest BCUT2D eigenvalue weighted by molar-refractivity contribution is 7.88. The molecular weight excluding hydrogens is 397 g/mol. The zero-order valence-corrected chi connectivity index (χ0v) is 16.9. The van der Waals surface area contributed by atoms with Crippen LogP contribution < -0.4 is 9.80 Å². The number of anilines is 2. The summed E-state index contributed by atoms with van der Waals surface area (Å²) in [6, 6.07) is 9.84. The highest BCUT2D eigenvalue weighted by atomic mass is 32.2. The number of morpholine rings is 1. The van der Waals surface area contributed by atoms with Crippen molar-refractivity contribution in [1.29, 1.82) is 0 Å². The van der Waals surface area contributed by atoms with Crippen molar-refractivity contribution >= 4 is 21.7 Å². The molecule has 156 valence electrons. The fourth-order valence-electron chi connectivity index (χ4n) is 3.55. The zero-order chi connectivity index (χ0) is 20.3. The van der Waals surface area contributed by atoms with Crippen LogP contribution in [0.5, 0.6) is 0 Å². The maximum absolute atomic E-state index is 13.8. The van der Waals surface area contributed by atoms with Crippen LogP contribution in [0.2, 0.25) is 0 Å². The fraction of sp³-hybridized carbons (Fsp3) is 0.474. The van der Waals surface area contributed by atoms with Gasteiger partial charge in [-0.15, -0.1) is 10.2 Å². The number of hydrogen-bond donors (Lipinski definition) is 0. The summed E-state index contributed by atoms with van der Waals surface area (Å²) >= 11 is 0. The van der Waals surface area contributed by atoms with Gasteiger partial charge in [-0.05, 0) is 18.2 Å². The van der Waals surface area contributed by atoms with Crippen molar-refractivity contribution in [3.8, 4) is 0 Å². The number of ether oxygens (including phenoxy) is 1. The molecule has 0 atom stereocenters. The Morgan fingerprint density at radius 3 is 2.03 bits per heavy atom. The number of hydrogen-bond acceptors (Lipinski definition) is 7. The standard InChI is InChI=1S/C19H24FN5O3S/c20-17-4-2-1-3-16(17)15-29(26,27)25-9-7-23(8-10-25)18-5-6-19(22-21-18)24-11-13-28-14-12-24/h1-6H,7-15H2. The molecule has 0 saturated carbocycles. The second-order valence-corrected chi connectivity index (χ2v) is 9.05. The summed E-state index contributed by atoms with van der Waals surface area (Å²) in [5.41, 5.74) is 0.194. The number of rotatable bonds is 5. The molecule has 2 fully saturated rings. The average molecular weight is 421 g/mol. The van der Waals surface area contributed by atoms with Gasteiger partial charge in [-0.3, -0.25) is 0 Å². The van der Waals surface area contributed by atoms with Crippen LogP contribution in [0.3, 0.4) is 0 Å². The van der Waals surface area contributed by atoms with Crippen molar-refractivity contribution in [2.75, 3.05) is 62.3 Å². The second-order valence-electron chi connectivity index (χ2n) is 7.08. The number of benzene rings is 1. The topological polar surface area (TPSA) is 78.9 Å². The van der Waals surface area contributed by atoms with Crippen LogP contribution in [0.15, 0.2) is 36.4 Å². The molecule has 10 heteroatoms. The normalized spacial score (nSPS) is 18.8. The van der Waals surface area contributed by atoms with E-state index in [1.54, 1.807) is 12.1 Å². The van der Waals surface area contributed by atoms with Gasteiger partial charge in [0.05, 0.1) is 19.0 Å². The van der Waals surface area contributed by atoms with Crippen molar-refractivity contribution in [3.63, 3.8) is 0 Å². The summed E-state index contributed by atoms with van der Waals surface area (Å²) in [6.45, 7) is 4.68. The van der Waals surface area contributed by atoms with Gasteiger partial charge >= 0.3 is 0 Å². The molecule has 0 N–H and O–H groups in total. The molecule has 2 aliphatic heterocycles. The Balaban J connectivity index is 1.36. The number of sulfonamides is 1. The maximum atomic E-state index is 13.8. The number of nitrogens with zero attached hydrogens (tertiary/aromatic N) is 5. The monoisotopic (exact) mass is 421 g/mol. The third kappa shape index (κ3) is 4.65. The molecule has 2 aromatic rings. The van der Waals surface area contributed by atoms with E-state index in [1.807, 2.05) is 17.0 Å². The Morgan fingerprint density at radius 1 is 0.862 bits per heavy atom. The fourth-order valence-corrected chi connectivity index (χ4v) is 5.08. The van der Waals surface area contributed by atoms with E-state index in [2.05, 4.69) is 15.1 Å². The molecule has 2 aliphatic rings. The van der Waals surface area contributed by atoms with Gasteiger partial charge in [0.25, 0.3) is 0 Å². The van der Waals surface area contributed by atoms with E-state index in [9.17, 15) is 12.8 Å². The van der Waals surface area contributed by atoms with E-state index in [0.717, 1.165) is 24.7 Å². The number of aromatic nitrogens is 2. The van der Waals surface area contributed by atoms with Gasteiger partial charge in [-0.25, -0.2) is 12.8 Å². The highest BCUT2D eigenvalue weighted by Crippen LogP contribution is 2.20. The molecule has 2 saturated heterocycles. The summed E-state index contributed by atoms with van der Waals surface area (Å²) in [5.74, 6) is 0.731. The molecule has 0 bridgehead atoms. The van der Waals surface area contributed by atoms with E-state index in [0.29, 0.717) is 39.4 Å². The predicted molar refractivity (Wildman–Crippen MR) is 108 cm³/mol. The summed E-state index contributed by atoms with van der Waals surface area (Å²) in [4.78, 5) is 4.15. The summed E-state index contributed by atoms with van der Waals surface area (Å²) < 4.78 is 45.9. The predicted octanol–water partition coefficient (Wildman–Crippen LogP) is 1.10. The van der Waals surface area contributed by atoms with Crippen LogP contribution in [0.4, 0.5) is 16.0 Å². The minimum Gasteiger partial charge on any atom is -0.378 e. The molecule has 3 heterocycles. The number of halogens is 1. The Kier molecular flexibility index (Phi) is 5.93. The van der Waals surface area contributed by atoms with E-state index in [4.69, 9.17) is 4.74 Å². The lowest BCUT2D eigenvalue weighted by Gasteiger charge is -2.34. The lowest BCUT2D eigenvalue weighted by atomic mass is 10.2. The first-order valence-corrected chi connectivity index (χ1v) is 11.3. The van der Waals surface area contributed by atoms with Gasteiger partial charge in [0.2, 0.25) is 10.0 Å². The van der Waals surface area contributed by atoms with Gasteiger partial charge in [0.1, 0.15) is 5.82 Å². The Labute approximate surface area is 169 Å². The molecule has 29 heavy (non-hydrogen) atoms. The van der Waals surface area contributed by atoms with E-state index >= 15 is 0 Å². The van der Waals surface area contributed by atoms with Crippen LogP contribution in [0.1, 0.15) is 5.56 Å². The largest absolute Gasteiger partial charge is 0.378 e. The minimum atomic E-state index is -3.57. The Morgan fingerprint density at radius 2 is 1.45 bits per heavy atom. The molecular formula is C19H24FN5O3S. The lowest BCUT2D eigenvalue weighted by Crippen LogP contribution is -2.49. The molecule has 4 rings (SSSR count). The average Bonchev–Trinajstić information content (AvgIpc) is 2.76. The third-order valence-electron chi connectivity index (χ3n) is 5.22. The number of piperazine rings is 1. The van der Waals surface area contributed by atoms with Crippen molar-refractivity contribution in [1.82, 2.24) is 14.5 Å². The second kappa shape index (κ2) is 8.60. The first-order valence-electron chi connectivity index (χ1n) is 9.65. The van der Waals surface area contributed by atoms with Crippen molar-refractivity contribution in [3.05, 3.63) is 47.8 Å².